The lowest BCUT2D eigenvalue weighted by molar-refractivity contribution is -0.247. The van der Waals surface area contributed by atoms with Crippen LogP contribution in [0.3, 0.4) is 0 Å². The summed E-state index contributed by atoms with van der Waals surface area (Å²) < 4.78 is 22.8. The second-order valence-electron chi connectivity index (χ2n) is 8.06. The summed E-state index contributed by atoms with van der Waals surface area (Å²) in [4.78, 5) is 17.2. The lowest BCUT2D eigenvalue weighted by Crippen LogP contribution is -2.71. The van der Waals surface area contributed by atoms with Crippen molar-refractivity contribution in [3.63, 3.8) is 0 Å². The van der Waals surface area contributed by atoms with Gasteiger partial charge in [0.25, 0.3) is 11.9 Å². The van der Waals surface area contributed by atoms with E-state index in [0.717, 1.165) is 5.56 Å². The SMILES string of the molecule is CC1(C)Oc2ccc(NC(=O)c3ccc(Cl)o3)cc2C2(COC(N)=N2)C12COC2. The van der Waals surface area contributed by atoms with E-state index in [0.29, 0.717) is 24.7 Å². The molecule has 1 amide bonds. The fourth-order valence-electron chi connectivity index (χ4n) is 4.48. The van der Waals surface area contributed by atoms with Crippen LogP contribution in [-0.4, -0.2) is 37.4 Å². The second kappa shape index (κ2) is 5.90. The third kappa shape index (κ3) is 2.42. The molecule has 1 aromatic heterocycles. The number of ether oxygens (including phenoxy) is 3. The van der Waals surface area contributed by atoms with Gasteiger partial charge in [-0.3, -0.25) is 4.79 Å². The third-order valence-electron chi connectivity index (χ3n) is 6.22. The van der Waals surface area contributed by atoms with E-state index in [1.54, 1.807) is 6.07 Å². The van der Waals surface area contributed by atoms with Crippen molar-refractivity contribution in [2.45, 2.75) is 25.0 Å². The topological polar surface area (TPSA) is 108 Å². The molecule has 8 nitrogen and oxygen atoms in total. The molecule has 29 heavy (non-hydrogen) atoms. The standard InChI is InChI=1S/C20H20ClN3O5/c1-18(2)19(8-26-9-19)20(10-27-17(22)24-20)12-7-11(3-4-13(12)29-18)23-16(25)14-5-6-15(21)28-14/h3-7H,8-10H2,1-2H3,(H2,22,24)(H,23,25). The Balaban J connectivity index is 1.58. The van der Waals surface area contributed by atoms with Gasteiger partial charge in [-0.25, -0.2) is 4.99 Å². The van der Waals surface area contributed by atoms with Gasteiger partial charge in [0.2, 0.25) is 0 Å². The number of nitrogens with two attached hydrogens (primary N) is 1. The number of anilines is 1. The molecule has 1 saturated heterocycles. The first-order valence-corrected chi connectivity index (χ1v) is 9.60. The molecule has 4 heterocycles. The smallest absolute Gasteiger partial charge is 0.291 e. The zero-order valence-electron chi connectivity index (χ0n) is 16.0. The number of aliphatic imine (C=N–C) groups is 1. The predicted molar refractivity (Wildman–Crippen MR) is 105 cm³/mol. The van der Waals surface area contributed by atoms with Gasteiger partial charge in [-0.05, 0) is 55.8 Å². The fraction of sp³-hybridized carbons (Fsp3) is 0.400. The van der Waals surface area contributed by atoms with E-state index in [9.17, 15) is 4.79 Å². The van der Waals surface area contributed by atoms with E-state index in [1.165, 1.54) is 12.1 Å². The van der Waals surface area contributed by atoms with Crippen LogP contribution in [0.1, 0.15) is 30.0 Å². The van der Waals surface area contributed by atoms with Gasteiger partial charge in [0.1, 0.15) is 23.5 Å². The first kappa shape index (κ1) is 18.3. The molecule has 3 N–H and O–H groups in total. The Labute approximate surface area is 172 Å². The first-order valence-electron chi connectivity index (χ1n) is 9.23. The van der Waals surface area contributed by atoms with Gasteiger partial charge in [-0.1, -0.05) is 0 Å². The molecule has 1 aromatic carbocycles. The maximum Gasteiger partial charge on any atom is 0.291 e. The molecule has 5 rings (SSSR count). The van der Waals surface area contributed by atoms with Gasteiger partial charge in [0.05, 0.1) is 18.6 Å². The monoisotopic (exact) mass is 417 g/mol. The lowest BCUT2D eigenvalue weighted by atomic mass is 9.55. The van der Waals surface area contributed by atoms with Crippen molar-refractivity contribution in [1.82, 2.24) is 0 Å². The number of furan rings is 1. The molecule has 152 valence electrons. The number of amides is 1. The summed E-state index contributed by atoms with van der Waals surface area (Å²) in [5.74, 6) is 0.388. The molecule has 0 radical (unpaired) electrons. The summed E-state index contributed by atoms with van der Waals surface area (Å²) in [5.41, 5.74) is 5.55. The minimum atomic E-state index is -0.763. The van der Waals surface area contributed by atoms with Crippen LogP contribution in [0.25, 0.3) is 0 Å². The number of rotatable bonds is 2. The highest BCUT2D eigenvalue weighted by atomic mass is 35.5. The van der Waals surface area contributed by atoms with Crippen LogP contribution >= 0.6 is 11.6 Å². The number of amidine groups is 1. The Morgan fingerprint density at radius 3 is 2.59 bits per heavy atom. The summed E-state index contributed by atoms with van der Waals surface area (Å²) in [6.07, 6.45) is 0. The van der Waals surface area contributed by atoms with Gasteiger partial charge < -0.3 is 29.7 Å². The van der Waals surface area contributed by atoms with Crippen LogP contribution in [0.4, 0.5) is 5.69 Å². The van der Waals surface area contributed by atoms with Gasteiger partial charge in [0, 0.05) is 11.3 Å². The van der Waals surface area contributed by atoms with Crippen LogP contribution in [0.15, 0.2) is 39.7 Å². The number of halogens is 1. The average Bonchev–Trinajstić information content (AvgIpc) is 3.21. The summed E-state index contributed by atoms with van der Waals surface area (Å²) in [7, 11) is 0. The predicted octanol–water partition coefficient (Wildman–Crippen LogP) is 2.91. The minimum absolute atomic E-state index is 0.121. The highest BCUT2D eigenvalue weighted by molar-refractivity contribution is 6.29. The quantitative estimate of drug-likeness (QED) is 0.777. The molecule has 1 unspecified atom stereocenters. The first-order chi connectivity index (χ1) is 13.8. The van der Waals surface area contributed by atoms with Crippen LogP contribution in [0, 0.1) is 5.41 Å². The molecular weight excluding hydrogens is 398 g/mol. The summed E-state index contributed by atoms with van der Waals surface area (Å²) >= 11 is 5.76. The Morgan fingerprint density at radius 1 is 1.21 bits per heavy atom. The summed E-state index contributed by atoms with van der Waals surface area (Å²) in [6, 6.07) is 8.60. The number of hydrogen-bond donors (Lipinski definition) is 2. The Morgan fingerprint density at radius 2 is 2.00 bits per heavy atom. The molecule has 1 fully saturated rings. The summed E-state index contributed by atoms with van der Waals surface area (Å²) in [5, 5.41) is 2.97. The number of benzene rings is 1. The van der Waals surface area contributed by atoms with Gasteiger partial charge in [-0.15, -0.1) is 0 Å². The second-order valence-corrected chi connectivity index (χ2v) is 8.43. The van der Waals surface area contributed by atoms with Gasteiger partial charge in [0.15, 0.2) is 11.0 Å². The highest BCUT2D eigenvalue weighted by Gasteiger charge is 2.71. The van der Waals surface area contributed by atoms with E-state index >= 15 is 0 Å². The molecule has 2 spiro atoms. The number of carbonyl (C=O) groups is 1. The maximum atomic E-state index is 12.5. The lowest BCUT2D eigenvalue weighted by Gasteiger charge is -2.61. The van der Waals surface area contributed by atoms with Crippen LogP contribution in [0.2, 0.25) is 5.22 Å². The fourth-order valence-corrected chi connectivity index (χ4v) is 4.63. The Bertz CT molecular complexity index is 1040. The van der Waals surface area contributed by atoms with E-state index in [-0.39, 0.29) is 23.6 Å². The van der Waals surface area contributed by atoms with Crippen molar-refractivity contribution in [1.29, 1.82) is 0 Å². The number of fused-ring (bicyclic) bond motifs is 3. The van der Waals surface area contributed by atoms with Crippen molar-refractivity contribution in [3.8, 4) is 5.75 Å². The highest BCUT2D eigenvalue weighted by Crippen LogP contribution is 2.62. The van der Waals surface area contributed by atoms with Crippen molar-refractivity contribution < 1.29 is 23.4 Å². The number of carbonyl (C=O) groups excluding carboxylic acids is 1. The molecule has 3 aliphatic rings. The maximum absolute atomic E-state index is 12.5. The molecule has 3 aliphatic heterocycles. The molecule has 0 saturated carbocycles. The molecular formula is C20H20ClN3O5. The average molecular weight is 418 g/mol. The Kier molecular flexibility index (Phi) is 3.73. The van der Waals surface area contributed by atoms with Crippen molar-refractivity contribution in [2.24, 2.45) is 16.1 Å². The van der Waals surface area contributed by atoms with Crippen molar-refractivity contribution >= 4 is 29.2 Å². The van der Waals surface area contributed by atoms with E-state index < -0.39 is 22.5 Å². The van der Waals surface area contributed by atoms with Crippen LogP contribution in [-0.2, 0) is 15.0 Å². The zero-order valence-corrected chi connectivity index (χ0v) is 16.7. The van der Waals surface area contributed by atoms with Gasteiger partial charge in [-0.2, -0.15) is 0 Å². The Hall–Kier alpha value is -2.71. The van der Waals surface area contributed by atoms with Crippen LogP contribution in [0.5, 0.6) is 5.75 Å². The van der Waals surface area contributed by atoms with Gasteiger partial charge >= 0.3 is 0 Å². The normalized spacial score (nSPS) is 25.6. The van der Waals surface area contributed by atoms with E-state index in [2.05, 4.69) is 5.32 Å². The molecule has 2 aromatic rings. The largest absolute Gasteiger partial charge is 0.487 e. The zero-order chi connectivity index (χ0) is 20.4. The summed E-state index contributed by atoms with van der Waals surface area (Å²) in [6.45, 7) is 5.29. The molecule has 0 bridgehead atoms. The van der Waals surface area contributed by atoms with Crippen LogP contribution < -0.4 is 15.8 Å². The molecule has 9 heteroatoms. The van der Waals surface area contributed by atoms with Crippen molar-refractivity contribution in [2.75, 3.05) is 25.1 Å². The number of hydrogen-bond acceptors (Lipinski definition) is 7. The number of nitrogens with zero attached hydrogens (tertiary/aromatic N) is 1. The minimum Gasteiger partial charge on any atom is -0.487 e. The van der Waals surface area contributed by atoms with E-state index in [1.807, 2.05) is 26.0 Å². The third-order valence-corrected chi connectivity index (χ3v) is 6.42. The van der Waals surface area contributed by atoms with Crippen molar-refractivity contribution in [3.05, 3.63) is 46.9 Å². The molecule has 1 atom stereocenters. The molecule has 0 aliphatic carbocycles. The van der Waals surface area contributed by atoms with E-state index in [4.69, 9.17) is 41.0 Å². The number of nitrogens with one attached hydrogen (secondary N) is 1.